The molecule has 4 rings (SSSR count). The molecule has 1 saturated carbocycles. The molecule has 0 bridgehead atoms. The minimum absolute atomic E-state index is 0.0574. The van der Waals surface area contributed by atoms with Crippen molar-refractivity contribution in [2.45, 2.75) is 60.1 Å². The molecule has 6 nitrogen and oxygen atoms in total. The van der Waals surface area contributed by atoms with E-state index < -0.39 is 9.84 Å². The third-order valence-corrected chi connectivity index (χ3v) is 8.83. The molecule has 1 aliphatic carbocycles. The maximum Gasteiger partial charge on any atom is 0.230 e. The van der Waals surface area contributed by atoms with Crippen molar-refractivity contribution in [1.29, 1.82) is 0 Å². The highest BCUT2D eigenvalue weighted by atomic mass is 79.9. The van der Waals surface area contributed by atoms with Gasteiger partial charge in [-0.3, -0.25) is 4.79 Å². The minimum atomic E-state index is -3.94. The number of hydrogen-bond donors (Lipinski definition) is 1. The fourth-order valence-electron chi connectivity index (χ4n) is 3.75. The molecule has 33 heavy (non-hydrogen) atoms. The number of thioether (sulfide) groups is 1. The maximum atomic E-state index is 13.4. The Morgan fingerprint density at radius 1 is 1.09 bits per heavy atom. The van der Waals surface area contributed by atoms with E-state index in [4.69, 9.17) is 4.42 Å². The Hall–Kier alpha value is -2.10. The fourth-order valence-corrected chi connectivity index (χ4v) is 6.35. The quantitative estimate of drug-likeness (QED) is 0.376. The number of carbonyl (C=O) groups excluding carboxylic acids is 1. The predicted molar refractivity (Wildman–Crippen MR) is 132 cm³/mol. The molecule has 0 unspecified atom stereocenters. The van der Waals surface area contributed by atoms with E-state index >= 15 is 0 Å². The average molecular weight is 550 g/mol. The molecule has 0 atom stereocenters. The molecule has 1 amide bonds. The van der Waals surface area contributed by atoms with Gasteiger partial charge in [-0.1, -0.05) is 64.7 Å². The van der Waals surface area contributed by atoms with Gasteiger partial charge in [0.25, 0.3) is 0 Å². The zero-order valence-electron chi connectivity index (χ0n) is 18.2. The minimum Gasteiger partial charge on any atom is -0.428 e. The molecule has 0 aliphatic heterocycles. The van der Waals surface area contributed by atoms with E-state index in [0.29, 0.717) is 5.56 Å². The molecule has 1 heterocycles. The lowest BCUT2D eigenvalue weighted by atomic mass is 9.95. The van der Waals surface area contributed by atoms with Crippen LogP contribution in [0.4, 0.5) is 0 Å². The zero-order valence-corrected chi connectivity index (χ0v) is 21.4. The number of aryl methyl sites for hydroxylation is 1. The zero-order chi connectivity index (χ0) is 23.4. The summed E-state index contributed by atoms with van der Waals surface area (Å²) < 4.78 is 33.4. The Balaban J connectivity index is 1.61. The molecule has 1 N–H and O–H groups in total. The number of rotatable bonds is 7. The topological polar surface area (TPSA) is 89.3 Å². The normalized spacial score (nSPS) is 14.8. The van der Waals surface area contributed by atoms with Crippen LogP contribution in [0.3, 0.4) is 0 Å². The first-order chi connectivity index (χ1) is 15.8. The molecule has 2 aromatic carbocycles. The predicted octanol–water partition coefficient (Wildman–Crippen LogP) is 5.79. The molecule has 1 fully saturated rings. The standard InChI is InChI=1S/C24H25BrN2O4S2/c1-16-7-9-17(10-8-16)22-27-23(33(29,30)20-13-11-18(25)12-14-20)24(31-22)32-15-21(28)26-19-5-3-2-4-6-19/h7-14,19H,2-6,15H2,1H3,(H,26,28). The van der Waals surface area contributed by atoms with Gasteiger partial charge < -0.3 is 9.73 Å². The van der Waals surface area contributed by atoms with Gasteiger partial charge in [-0.2, -0.15) is 4.98 Å². The van der Waals surface area contributed by atoms with E-state index in [0.717, 1.165) is 47.5 Å². The van der Waals surface area contributed by atoms with Gasteiger partial charge in [0, 0.05) is 16.1 Å². The van der Waals surface area contributed by atoms with E-state index in [1.165, 1.54) is 18.6 Å². The Labute approximate surface area is 206 Å². The lowest BCUT2D eigenvalue weighted by molar-refractivity contribution is -0.119. The maximum absolute atomic E-state index is 13.4. The highest BCUT2D eigenvalue weighted by molar-refractivity contribution is 9.10. The van der Waals surface area contributed by atoms with E-state index in [1.807, 2.05) is 31.2 Å². The van der Waals surface area contributed by atoms with Gasteiger partial charge in [0.2, 0.25) is 31.8 Å². The largest absolute Gasteiger partial charge is 0.428 e. The van der Waals surface area contributed by atoms with Crippen molar-refractivity contribution in [3.63, 3.8) is 0 Å². The van der Waals surface area contributed by atoms with Crippen molar-refractivity contribution in [1.82, 2.24) is 10.3 Å². The van der Waals surface area contributed by atoms with Crippen LogP contribution in [-0.2, 0) is 14.6 Å². The molecule has 9 heteroatoms. The Morgan fingerprint density at radius 2 is 1.76 bits per heavy atom. The van der Waals surface area contributed by atoms with Gasteiger partial charge >= 0.3 is 0 Å². The first kappa shape index (κ1) is 24.0. The van der Waals surface area contributed by atoms with Crippen molar-refractivity contribution in [2.75, 3.05) is 5.75 Å². The molecule has 0 spiro atoms. The van der Waals surface area contributed by atoms with Crippen LogP contribution >= 0.6 is 27.7 Å². The number of benzene rings is 2. The summed E-state index contributed by atoms with van der Waals surface area (Å²) in [7, 11) is -3.94. The number of sulfone groups is 1. The summed E-state index contributed by atoms with van der Waals surface area (Å²) >= 11 is 4.38. The summed E-state index contributed by atoms with van der Waals surface area (Å²) in [5.41, 5.74) is 1.74. The summed E-state index contributed by atoms with van der Waals surface area (Å²) in [6, 6.07) is 14.0. The molecule has 0 saturated heterocycles. The Bertz CT molecular complexity index is 1220. The van der Waals surface area contributed by atoms with Crippen LogP contribution in [0.5, 0.6) is 0 Å². The van der Waals surface area contributed by atoms with Crippen molar-refractivity contribution in [3.05, 3.63) is 58.6 Å². The SMILES string of the molecule is Cc1ccc(-c2nc(S(=O)(=O)c3ccc(Br)cc3)c(SCC(=O)NC3CCCCC3)o2)cc1. The number of aromatic nitrogens is 1. The molecular weight excluding hydrogens is 524 g/mol. The molecule has 0 radical (unpaired) electrons. The van der Waals surface area contributed by atoms with Gasteiger partial charge in [0.05, 0.1) is 10.6 Å². The number of nitrogens with one attached hydrogen (secondary N) is 1. The number of oxazole rings is 1. The second-order valence-electron chi connectivity index (χ2n) is 8.13. The fraction of sp³-hybridized carbons (Fsp3) is 0.333. The summed E-state index contributed by atoms with van der Waals surface area (Å²) in [5.74, 6) is 0.134. The summed E-state index contributed by atoms with van der Waals surface area (Å²) in [4.78, 5) is 17.0. The summed E-state index contributed by atoms with van der Waals surface area (Å²) in [5, 5.41) is 3.00. The highest BCUT2D eigenvalue weighted by Gasteiger charge is 2.29. The number of amides is 1. The lowest BCUT2D eigenvalue weighted by Crippen LogP contribution is -2.37. The smallest absolute Gasteiger partial charge is 0.230 e. The second-order valence-corrected chi connectivity index (χ2v) is 11.9. The van der Waals surface area contributed by atoms with E-state index in [-0.39, 0.29) is 38.6 Å². The van der Waals surface area contributed by atoms with Crippen LogP contribution in [0.2, 0.25) is 0 Å². The van der Waals surface area contributed by atoms with Crippen LogP contribution in [0.15, 0.2) is 72.4 Å². The van der Waals surface area contributed by atoms with Gasteiger partial charge in [-0.15, -0.1) is 0 Å². The van der Waals surface area contributed by atoms with Crippen molar-refractivity contribution in [2.24, 2.45) is 0 Å². The van der Waals surface area contributed by atoms with Gasteiger partial charge in [0.1, 0.15) is 0 Å². The van der Waals surface area contributed by atoms with Crippen molar-refractivity contribution < 1.29 is 17.6 Å². The van der Waals surface area contributed by atoms with E-state index in [9.17, 15) is 13.2 Å². The Morgan fingerprint density at radius 3 is 2.42 bits per heavy atom. The van der Waals surface area contributed by atoms with E-state index in [2.05, 4.69) is 26.2 Å². The van der Waals surface area contributed by atoms with Crippen LogP contribution in [0.25, 0.3) is 11.5 Å². The molecule has 1 aromatic heterocycles. The third kappa shape index (κ3) is 5.88. The van der Waals surface area contributed by atoms with Gasteiger partial charge in [-0.25, -0.2) is 8.42 Å². The number of carbonyl (C=O) groups is 1. The summed E-state index contributed by atoms with van der Waals surface area (Å²) in [6.45, 7) is 1.97. The molecule has 1 aliphatic rings. The van der Waals surface area contributed by atoms with Crippen LogP contribution in [-0.4, -0.2) is 31.1 Å². The van der Waals surface area contributed by atoms with Crippen LogP contribution in [0, 0.1) is 6.92 Å². The van der Waals surface area contributed by atoms with Crippen LogP contribution < -0.4 is 5.32 Å². The van der Waals surface area contributed by atoms with E-state index in [1.54, 1.807) is 12.1 Å². The first-order valence-electron chi connectivity index (χ1n) is 10.8. The number of halogens is 1. The van der Waals surface area contributed by atoms with Crippen molar-refractivity contribution >= 4 is 43.4 Å². The number of hydrogen-bond acceptors (Lipinski definition) is 6. The second kappa shape index (κ2) is 10.4. The van der Waals surface area contributed by atoms with Crippen molar-refractivity contribution in [3.8, 4) is 11.5 Å². The third-order valence-electron chi connectivity index (χ3n) is 5.55. The number of nitrogens with zero attached hydrogens (tertiary/aromatic N) is 1. The molecular formula is C24H25BrN2O4S2. The summed E-state index contributed by atoms with van der Waals surface area (Å²) in [6.07, 6.45) is 5.42. The lowest BCUT2D eigenvalue weighted by Gasteiger charge is -2.22. The molecule has 3 aromatic rings. The molecule has 174 valence electrons. The average Bonchev–Trinajstić information content (AvgIpc) is 3.24. The van der Waals surface area contributed by atoms with Gasteiger partial charge in [-0.05, 0) is 56.2 Å². The van der Waals surface area contributed by atoms with Gasteiger partial charge in [0.15, 0.2) is 0 Å². The first-order valence-corrected chi connectivity index (χ1v) is 14.1. The highest BCUT2D eigenvalue weighted by Crippen LogP contribution is 2.35. The Kier molecular flexibility index (Phi) is 7.61. The van der Waals surface area contributed by atoms with Crippen LogP contribution in [0.1, 0.15) is 37.7 Å². The monoisotopic (exact) mass is 548 g/mol.